The van der Waals surface area contributed by atoms with Gasteiger partial charge < -0.3 is 0 Å². The van der Waals surface area contributed by atoms with Gasteiger partial charge in [-0.15, -0.1) is 0 Å². The van der Waals surface area contributed by atoms with E-state index in [1.165, 1.54) is 12.1 Å². The second-order valence-corrected chi connectivity index (χ2v) is 5.75. The maximum absolute atomic E-state index is 12.7. The molecule has 0 aromatic heterocycles. The minimum absolute atomic E-state index is 0.312. The van der Waals surface area contributed by atoms with Gasteiger partial charge in [0.25, 0.3) is 0 Å². The van der Waals surface area contributed by atoms with E-state index in [1.54, 1.807) is 36.4 Å². The third kappa shape index (κ3) is 2.93. The number of carbonyl (C=O) groups excluding carboxylic acids is 3. The van der Waals surface area contributed by atoms with Crippen molar-refractivity contribution in [3.63, 3.8) is 0 Å². The first kappa shape index (κ1) is 15.5. The van der Waals surface area contributed by atoms with Gasteiger partial charge >= 0.3 is 6.03 Å². The molecule has 0 radical (unpaired) electrons. The molecule has 0 aliphatic carbocycles. The highest BCUT2D eigenvalue weighted by atomic mass is 35.5. The summed E-state index contributed by atoms with van der Waals surface area (Å²) in [6, 6.07) is 11.9. The minimum Gasteiger partial charge on any atom is -0.273 e. The molecule has 0 bridgehead atoms. The topological polar surface area (TPSA) is 57.7 Å². The molecule has 23 heavy (non-hydrogen) atoms. The highest BCUT2D eigenvalue weighted by molar-refractivity contribution is 6.36. The summed E-state index contributed by atoms with van der Waals surface area (Å²) in [6.45, 7) is 0. The molecular weight excluding hydrogens is 339 g/mol. The highest BCUT2D eigenvalue weighted by Gasteiger charge is 2.39. The van der Waals surface area contributed by atoms with Crippen LogP contribution in [0.4, 0.5) is 16.2 Å². The number of nitrogens with zero attached hydrogens (tertiary/aromatic N) is 2. The number of hydrogen-bond acceptors (Lipinski definition) is 3. The second kappa shape index (κ2) is 6.02. The van der Waals surface area contributed by atoms with E-state index < -0.39 is 24.3 Å². The molecule has 2 aromatic carbocycles. The van der Waals surface area contributed by atoms with Gasteiger partial charge in [0.2, 0.25) is 11.8 Å². The summed E-state index contributed by atoms with van der Waals surface area (Å²) in [4.78, 5) is 38.9. The van der Waals surface area contributed by atoms with Crippen LogP contribution in [0.3, 0.4) is 0 Å². The Bertz CT molecular complexity index is 757. The molecule has 4 amide bonds. The summed E-state index contributed by atoms with van der Waals surface area (Å²) in [5.74, 6) is -1.19. The third-order valence-electron chi connectivity index (χ3n) is 3.32. The fourth-order valence-corrected chi connectivity index (χ4v) is 2.71. The van der Waals surface area contributed by atoms with Crippen molar-refractivity contribution >= 4 is 52.4 Å². The van der Waals surface area contributed by atoms with Gasteiger partial charge in [-0.25, -0.2) is 14.6 Å². The van der Waals surface area contributed by atoms with Crippen LogP contribution in [0.5, 0.6) is 0 Å². The van der Waals surface area contributed by atoms with E-state index in [0.29, 0.717) is 21.4 Å². The number of barbiturate groups is 1. The van der Waals surface area contributed by atoms with Gasteiger partial charge in [-0.1, -0.05) is 35.3 Å². The van der Waals surface area contributed by atoms with Crippen LogP contribution in [0.1, 0.15) is 6.42 Å². The molecule has 1 saturated heterocycles. The summed E-state index contributed by atoms with van der Waals surface area (Å²) in [7, 11) is 0. The van der Waals surface area contributed by atoms with Gasteiger partial charge in [-0.2, -0.15) is 0 Å². The predicted octanol–water partition coefficient (Wildman–Crippen LogP) is 3.88. The molecule has 2 aromatic rings. The molecule has 0 spiro atoms. The van der Waals surface area contributed by atoms with Crippen LogP contribution in [0.2, 0.25) is 10.0 Å². The number of imide groups is 2. The van der Waals surface area contributed by atoms with Crippen LogP contribution in [0.25, 0.3) is 0 Å². The second-order valence-electron chi connectivity index (χ2n) is 4.88. The monoisotopic (exact) mass is 348 g/mol. The molecule has 7 heteroatoms. The van der Waals surface area contributed by atoms with Gasteiger partial charge in [0.1, 0.15) is 6.42 Å². The average molecular weight is 349 g/mol. The lowest BCUT2D eigenvalue weighted by Gasteiger charge is -2.32. The van der Waals surface area contributed by atoms with Crippen LogP contribution in [-0.4, -0.2) is 17.8 Å². The van der Waals surface area contributed by atoms with Gasteiger partial charge in [-0.05, 0) is 36.4 Å². The molecule has 0 atom stereocenters. The van der Waals surface area contributed by atoms with Crippen molar-refractivity contribution in [3.8, 4) is 0 Å². The number of benzene rings is 2. The Kier molecular flexibility index (Phi) is 4.07. The van der Waals surface area contributed by atoms with E-state index in [0.717, 1.165) is 9.80 Å². The Balaban J connectivity index is 2.04. The summed E-state index contributed by atoms with van der Waals surface area (Å²) in [5.41, 5.74) is 0.624. The van der Waals surface area contributed by atoms with Crippen molar-refractivity contribution in [1.29, 1.82) is 0 Å². The zero-order chi connectivity index (χ0) is 16.6. The van der Waals surface area contributed by atoms with Gasteiger partial charge in [-0.3, -0.25) is 9.59 Å². The van der Waals surface area contributed by atoms with E-state index in [9.17, 15) is 14.4 Å². The van der Waals surface area contributed by atoms with E-state index >= 15 is 0 Å². The normalized spacial score (nSPS) is 15.3. The summed E-state index contributed by atoms with van der Waals surface area (Å²) >= 11 is 11.8. The maximum Gasteiger partial charge on any atom is 0.342 e. The van der Waals surface area contributed by atoms with Gasteiger partial charge in [0, 0.05) is 10.0 Å². The van der Waals surface area contributed by atoms with Gasteiger partial charge in [0.15, 0.2) is 0 Å². The molecule has 0 N–H and O–H groups in total. The van der Waals surface area contributed by atoms with E-state index in [-0.39, 0.29) is 0 Å². The Hall–Kier alpha value is -2.37. The molecule has 1 fully saturated rings. The smallest absolute Gasteiger partial charge is 0.273 e. The van der Waals surface area contributed by atoms with Crippen molar-refractivity contribution in [3.05, 3.63) is 58.6 Å². The predicted molar refractivity (Wildman–Crippen MR) is 87.9 cm³/mol. The largest absolute Gasteiger partial charge is 0.342 e. The molecule has 0 unspecified atom stereocenters. The molecule has 1 aliphatic heterocycles. The first-order valence-electron chi connectivity index (χ1n) is 6.68. The molecule has 5 nitrogen and oxygen atoms in total. The number of urea groups is 1. The first-order valence-corrected chi connectivity index (χ1v) is 7.44. The van der Waals surface area contributed by atoms with E-state index in [2.05, 4.69) is 0 Å². The molecule has 1 aliphatic rings. The zero-order valence-electron chi connectivity index (χ0n) is 11.7. The van der Waals surface area contributed by atoms with E-state index in [1.807, 2.05) is 0 Å². The van der Waals surface area contributed by atoms with Crippen molar-refractivity contribution in [2.75, 3.05) is 9.80 Å². The number of amides is 4. The minimum atomic E-state index is -0.754. The summed E-state index contributed by atoms with van der Waals surface area (Å²) in [5, 5.41) is 0.767. The molecule has 3 rings (SSSR count). The fraction of sp³-hybridized carbons (Fsp3) is 0.0625. The van der Waals surface area contributed by atoms with Gasteiger partial charge in [0.05, 0.1) is 11.4 Å². The number of carbonyl (C=O) groups is 3. The lowest BCUT2D eigenvalue weighted by Crippen LogP contribution is -2.55. The quantitative estimate of drug-likeness (QED) is 0.773. The van der Waals surface area contributed by atoms with Crippen LogP contribution in [0, 0.1) is 0 Å². The van der Waals surface area contributed by atoms with Crippen LogP contribution in [0.15, 0.2) is 48.5 Å². The third-order valence-corrected chi connectivity index (χ3v) is 3.79. The Morgan fingerprint density at radius 2 is 1.17 bits per heavy atom. The van der Waals surface area contributed by atoms with Crippen molar-refractivity contribution < 1.29 is 14.4 Å². The Morgan fingerprint density at radius 3 is 1.57 bits per heavy atom. The number of hydrogen-bond donors (Lipinski definition) is 0. The van der Waals surface area contributed by atoms with Crippen molar-refractivity contribution in [2.45, 2.75) is 6.42 Å². The average Bonchev–Trinajstić information content (AvgIpc) is 2.47. The number of rotatable bonds is 2. The summed E-state index contributed by atoms with van der Waals surface area (Å²) < 4.78 is 0. The van der Waals surface area contributed by atoms with E-state index in [4.69, 9.17) is 23.2 Å². The fourth-order valence-electron chi connectivity index (χ4n) is 2.34. The van der Waals surface area contributed by atoms with Crippen LogP contribution < -0.4 is 9.80 Å². The highest BCUT2D eigenvalue weighted by Crippen LogP contribution is 2.28. The maximum atomic E-state index is 12.7. The molecule has 0 saturated carbocycles. The summed E-state index contributed by atoms with van der Waals surface area (Å²) in [6.07, 6.45) is -0.412. The lowest BCUT2D eigenvalue weighted by atomic mass is 10.2. The first-order chi connectivity index (χ1) is 11.0. The number of anilines is 2. The molecule has 116 valence electrons. The number of halogens is 2. The van der Waals surface area contributed by atoms with Crippen LogP contribution >= 0.6 is 23.2 Å². The van der Waals surface area contributed by atoms with Crippen LogP contribution in [-0.2, 0) is 9.59 Å². The molecule has 1 heterocycles. The van der Waals surface area contributed by atoms with Crippen molar-refractivity contribution in [2.24, 2.45) is 0 Å². The standard InChI is InChI=1S/C16H10Cl2N2O3/c17-10-3-1-5-12(7-10)19-14(21)9-15(22)20(16(19)23)13-6-2-4-11(18)8-13/h1-8H,9H2. The Morgan fingerprint density at radius 1 is 0.739 bits per heavy atom. The molecular formula is C16H10Cl2N2O3. The van der Waals surface area contributed by atoms with Crippen molar-refractivity contribution in [1.82, 2.24) is 0 Å². The SMILES string of the molecule is O=C1CC(=O)N(c2cccc(Cl)c2)C(=O)N1c1cccc(Cl)c1. The lowest BCUT2D eigenvalue weighted by molar-refractivity contribution is -0.126. The Labute approximate surface area is 142 Å². The zero-order valence-corrected chi connectivity index (χ0v) is 13.2.